The van der Waals surface area contributed by atoms with Gasteiger partial charge in [-0.1, -0.05) is 0 Å². The number of β-amino-alcohol motifs (C(OH)–C–C–N with tert-alkyl or cyclic N) is 1. The number of rotatable bonds is 4. The smallest absolute Gasteiger partial charge is 0.226 e. The summed E-state index contributed by atoms with van der Waals surface area (Å²) >= 11 is 1.83. The van der Waals surface area contributed by atoms with Gasteiger partial charge in [-0.05, 0) is 39.3 Å². The number of aryl methyl sites for hydroxylation is 1. The molecule has 22 heavy (non-hydrogen) atoms. The van der Waals surface area contributed by atoms with Gasteiger partial charge in [-0.2, -0.15) is 0 Å². The van der Waals surface area contributed by atoms with Crippen molar-refractivity contribution in [1.82, 2.24) is 9.80 Å². The Balaban J connectivity index is 1.49. The zero-order valence-corrected chi connectivity index (χ0v) is 14.5. The van der Waals surface area contributed by atoms with Gasteiger partial charge in [-0.15, -0.1) is 11.3 Å². The molecule has 2 aliphatic rings. The second-order valence-electron chi connectivity index (χ2n) is 7.31. The monoisotopic (exact) mass is 322 g/mol. The van der Waals surface area contributed by atoms with E-state index >= 15 is 0 Å². The lowest BCUT2D eigenvalue weighted by molar-refractivity contribution is -0.134. The summed E-state index contributed by atoms with van der Waals surface area (Å²) in [4.78, 5) is 19.6. The predicted molar refractivity (Wildman–Crippen MR) is 89.2 cm³/mol. The third-order valence-corrected chi connectivity index (χ3v) is 5.66. The third-order valence-electron chi connectivity index (χ3n) is 4.53. The summed E-state index contributed by atoms with van der Waals surface area (Å²) in [5.74, 6) is 0.999. The van der Waals surface area contributed by atoms with Crippen molar-refractivity contribution >= 4 is 17.2 Å². The molecule has 0 unspecified atom stereocenters. The van der Waals surface area contributed by atoms with Crippen molar-refractivity contribution in [2.75, 3.05) is 32.7 Å². The minimum atomic E-state index is -0.662. The molecule has 1 aliphatic carbocycles. The molecule has 1 aromatic rings. The maximum atomic E-state index is 12.6. The van der Waals surface area contributed by atoms with Crippen LogP contribution in [0.5, 0.6) is 0 Å². The van der Waals surface area contributed by atoms with Crippen LogP contribution in [0.15, 0.2) is 12.1 Å². The molecule has 0 bridgehead atoms. The molecule has 1 saturated heterocycles. The van der Waals surface area contributed by atoms with Crippen molar-refractivity contribution in [2.45, 2.75) is 38.7 Å². The Morgan fingerprint density at radius 3 is 2.55 bits per heavy atom. The van der Waals surface area contributed by atoms with Gasteiger partial charge >= 0.3 is 0 Å². The number of thiophene rings is 1. The van der Waals surface area contributed by atoms with Gasteiger partial charge in [0.15, 0.2) is 0 Å². The summed E-state index contributed by atoms with van der Waals surface area (Å²) in [6, 6.07) is 4.33. The van der Waals surface area contributed by atoms with Crippen molar-refractivity contribution < 1.29 is 9.90 Å². The van der Waals surface area contributed by atoms with Gasteiger partial charge in [0.2, 0.25) is 5.91 Å². The zero-order chi connectivity index (χ0) is 15.9. The molecule has 0 radical (unpaired) electrons. The first-order valence-electron chi connectivity index (χ1n) is 8.13. The van der Waals surface area contributed by atoms with Crippen LogP contribution in [0, 0.1) is 12.8 Å². The molecular weight excluding hydrogens is 296 g/mol. The number of aliphatic hydroxyl groups is 1. The average molecular weight is 322 g/mol. The Hall–Kier alpha value is -0.910. The fourth-order valence-electron chi connectivity index (χ4n) is 3.34. The molecule has 0 aromatic carbocycles. The quantitative estimate of drug-likeness (QED) is 0.923. The summed E-state index contributed by atoms with van der Waals surface area (Å²) in [6.45, 7) is 9.79. The number of hydrogen-bond acceptors (Lipinski definition) is 4. The van der Waals surface area contributed by atoms with Crippen LogP contribution < -0.4 is 0 Å². The molecule has 3 rings (SSSR count). The standard InChI is InChI=1S/C17H26N2O2S/c1-12-4-5-15(22-12)13-10-14(13)16(20)19-8-6-18(7-9-19)11-17(2,3)21/h4-5,13-14,21H,6-11H2,1-3H3/t13-,14-/m1/s1. The molecule has 1 N–H and O–H groups in total. The number of nitrogens with zero attached hydrogens (tertiary/aromatic N) is 2. The Labute approximate surface area is 136 Å². The van der Waals surface area contributed by atoms with Crippen LogP contribution in [0.2, 0.25) is 0 Å². The molecule has 1 amide bonds. The number of carbonyl (C=O) groups excluding carboxylic acids is 1. The fraction of sp³-hybridized carbons (Fsp3) is 0.706. The van der Waals surface area contributed by atoms with E-state index in [-0.39, 0.29) is 5.92 Å². The molecule has 1 saturated carbocycles. The van der Waals surface area contributed by atoms with E-state index in [1.54, 1.807) is 0 Å². The summed E-state index contributed by atoms with van der Waals surface area (Å²) in [6.07, 6.45) is 1.02. The average Bonchev–Trinajstić information content (AvgIpc) is 3.12. The first-order valence-corrected chi connectivity index (χ1v) is 8.95. The molecule has 2 fully saturated rings. The summed E-state index contributed by atoms with van der Waals surface area (Å²) in [7, 11) is 0. The van der Waals surface area contributed by atoms with Gasteiger partial charge < -0.3 is 10.0 Å². The lowest BCUT2D eigenvalue weighted by Crippen LogP contribution is -2.52. The lowest BCUT2D eigenvalue weighted by Gasteiger charge is -2.37. The highest BCUT2D eigenvalue weighted by molar-refractivity contribution is 7.12. The van der Waals surface area contributed by atoms with E-state index < -0.39 is 5.60 Å². The number of carbonyl (C=O) groups is 1. The SMILES string of the molecule is Cc1ccc([C@@H]2C[C@H]2C(=O)N2CCN(CC(C)(C)O)CC2)s1. The molecule has 2 atom stereocenters. The maximum absolute atomic E-state index is 12.6. The topological polar surface area (TPSA) is 43.8 Å². The fourth-order valence-corrected chi connectivity index (χ4v) is 4.40. The van der Waals surface area contributed by atoms with Gasteiger partial charge in [0.1, 0.15) is 0 Å². The molecule has 1 aromatic heterocycles. The normalized spacial score (nSPS) is 26.3. The molecule has 2 heterocycles. The maximum Gasteiger partial charge on any atom is 0.226 e. The highest BCUT2D eigenvalue weighted by Crippen LogP contribution is 2.50. The van der Waals surface area contributed by atoms with Crippen LogP contribution in [0.4, 0.5) is 0 Å². The largest absolute Gasteiger partial charge is 0.389 e. The highest BCUT2D eigenvalue weighted by Gasteiger charge is 2.46. The van der Waals surface area contributed by atoms with Crippen LogP contribution in [0.1, 0.15) is 35.9 Å². The molecule has 0 spiro atoms. The molecule has 122 valence electrons. The Morgan fingerprint density at radius 1 is 1.32 bits per heavy atom. The van der Waals surface area contributed by atoms with E-state index in [0.717, 1.165) is 32.6 Å². The van der Waals surface area contributed by atoms with Crippen molar-refractivity contribution in [3.63, 3.8) is 0 Å². The van der Waals surface area contributed by atoms with Gasteiger partial charge in [-0.3, -0.25) is 9.69 Å². The zero-order valence-electron chi connectivity index (χ0n) is 13.7. The minimum absolute atomic E-state index is 0.207. The Kier molecular flexibility index (Phi) is 4.32. The minimum Gasteiger partial charge on any atom is -0.389 e. The predicted octanol–water partition coefficient (Wildman–Crippen LogP) is 2.08. The van der Waals surface area contributed by atoms with Crippen LogP contribution in [0.3, 0.4) is 0 Å². The molecule has 5 heteroatoms. The van der Waals surface area contributed by atoms with Crippen molar-refractivity contribution in [3.05, 3.63) is 21.9 Å². The van der Waals surface area contributed by atoms with Gasteiger partial charge in [0, 0.05) is 54.3 Å². The van der Waals surface area contributed by atoms with E-state index in [0.29, 0.717) is 18.4 Å². The number of amides is 1. The summed E-state index contributed by atoms with van der Waals surface area (Å²) in [5.41, 5.74) is -0.662. The molecule has 1 aliphatic heterocycles. The van der Waals surface area contributed by atoms with Crippen LogP contribution in [-0.2, 0) is 4.79 Å². The first kappa shape index (κ1) is 16.0. The first-order chi connectivity index (χ1) is 10.3. The van der Waals surface area contributed by atoms with Crippen molar-refractivity contribution in [1.29, 1.82) is 0 Å². The highest BCUT2D eigenvalue weighted by atomic mass is 32.1. The van der Waals surface area contributed by atoms with E-state index in [2.05, 4.69) is 24.0 Å². The van der Waals surface area contributed by atoms with Crippen LogP contribution in [-0.4, -0.2) is 59.1 Å². The molecule has 4 nitrogen and oxygen atoms in total. The van der Waals surface area contributed by atoms with E-state index in [1.165, 1.54) is 9.75 Å². The van der Waals surface area contributed by atoms with Crippen LogP contribution in [0.25, 0.3) is 0 Å². The Morgan fingerprint density at radius 2 is 2.00 bits per heavy atom. The van der Waals surface area contributed by atoms with Gasteiger partial charge in [0.25, 0.3) is 0 Å². The van der Waals surface area contributed by atoms with E-state index in [9.17, 15) is 9.90 Å². The van der Waals surface area contributed by atoms with E-state index in [1.807, 2.05) is 30.1 Å². The van der Waals surface area contributed by atoms with Crippen molar-refractivity contribution in [3.8, 4) is 0 Å². The molecular formula is C17H26N2O2S. The summed E-state index contributed by atoms with van der Waals surface area (Å²) in [5, 5.41) is 9.88. The van der Waals surface area contributed by atoms with Gasteiger partial charge in [0.05, 0.1) is 5.60 Å². The van der Waals surface area contributed by atoms with Gasteiger partial charge in [-0.25, -0.2) is 0 Å². The number of hydrogen-bond donors (Lipinski definition) is 1. The Bertz CT molecular complexity index is 541. The lowest BCUT2D eigenvalue weighted by atomic mass is 10.1. The number of piperazine rings is 1. The second kappa shape index (κ2) is 5.95. The van der Waals surface area contributed by atoms with Crippen LogP contribution >= 0.6 is 11.3 Å². The van der Waals surface area contributed by atoms with Crippen molar-refractivity contribution in [2.24, 2.45) is 5.92 Å². The third kappa shape index (κ3) is 3.70. The second-order valence-corrected chi connectivity index (χ2v) is 8.63. The van der Waals surface area contributed by atoms with E-state index in [4.69, 9.17) is 0 Å². The summed E-state index contributed by atoms with van der Waals surface area (Å²) < 4.78 is 0.